The monoisotopic (exact) mass is 403 g/mol. The van der Waals surface area contributed by atoms with Crippen molar-refractivity contribution >= 4 is 11.8 Å². The van der Waals surface area contributed by atoms with Gasteiger partial charge in [0.2, 0.25) is 0 Å². The average molecular weight is 404 g/mol. The zero-order valence-electron chi connectivity index (χ0n) is 18.9. The first kappa shape index (κ1) is 21.9. The van der Waals surface area contributed by atoms with Crippen LogP contribution in [0.15, 0.2) is 24.3 Å². The number of carbonyl (C=O) groups excluding carboxylic acids is 1. The normalized spacial score (nSPS) is 26.5. The maximum atomic E-state index is 12.9. The van der Waals surface area contributed by atoms with Crippen molar-refractivity contribution in [3.63, 3.8) is 0 Å². The number of methoxy groups -OCH3 is 1. The fourth-order valence-electron chi connectivity index (χ4n) is 4.27. The van der Waals surface area contributed by atoms with Gasteiger partial charge in [-0.1, -0.05) is 19.1 Å². The van der Waals surface area contributed by atoms with Crippen molar-refractivity contribution in [2.45, 2.75) is 51.9 Å². The summed E-state index contributed by atoms with van der Waals surface area (Å²) in [5.74, 6) is 0.272. The number of hydrogen-bond donors (Lipinski definition) is 0. The largest absolute Gasteiger partial charge is 0.444 e. The molecule has 0 aliphatic carbocycles. The third-order valence-electron chi connectivity index (χ3n) is 6.03. The number of rotatable bonds is 3. The van der Waals surface area contributed by atoms with Crippen LogP contribution in [0.3, 0.4) is 0 Å². The van der Waals surface area contributed by atoms with Crippen molar-refractivity contribution in [1.29, 1.82) is 0 Å². The van der Waals surface area contributed by atoms with Gasteiger partial charge in [0, 0.05) is 51.4 Å². The summed E-state index contributed by atoms with van der Waals surface area (Å²) in [7, 11) is 3.93. The predicted molar refractivity (Wildman–Crippen MR) is 116 cm³/mol. The zero-order chi connectivity index (χ0) is 21.2. The van der Waals surface area contributed by atoms with Crippen LogP contribution in [0.5, 0.6) is 0 Å². The van der Waals surface area contributed by atoms with Crippen LogP contribution in [0, 0.1) is 5.92 Å². The molecule has 1 aromatic rings. The van der Waals surface area contributed by atoms with Gasteiger partial charge >= 0.3 is 6.09 Å². The molecule has 2 aliphatic rings. The number of hydrogen-bond acceptors (Lipinski definition) is 5. The molecule has 2 saturated heterocycles. The Kier molecular flexibility index (Phi) is 6.74. The van der Waals surface area contributed by atoms with E-state index < -0.39 is 5.60 Å². The number of amides is 1. The van der Waals surface area contributed by atoms with Crippen LogP contribution in [-0.2, 0) is 9.47 Å². The van der Waals surface area contributed by atoms with Gasteiger partial charge in [-0.15, -0.1) is 0 Å². The van der Waals surface area contributed by atoms with Crippen molar-refractivity contribution in [2.75, 3.05) is 51.8 Å². The standard InChI is InChI=1S/C23H37N3O3/c1-17-16-26(22(27)29-23(2,3)4)20(15-21(17)28-6)18-7-9-19(10-8-18)25-13-11-24(5)12-14-25/h7-10,17,20-21H,11-16H2,1-6H3/t17?,20-,21?/m1/s1. The Hall–Kier alpha value is -1.79. The first-order valence-electron chi connectivity index (χ1n) is 10.7. The van der Waals surface area contributed by atoms with Crippen LogP contribution in [0.2, 0.25) is 0 Å². The Bertz CT molecular complexity index is 678. The van der Waals surface area contributed by atoms with E-state index in [0.29, 0.717) is 6.54 Å². The van der Waals surface area contributed by atoms with Crippen molar-refractivity contribution in [1.82, 2.24) is 9.80 Å². The van der Waals surface area contributed by atoms with Gasteiger partial charge in [0.15, 0.2) is 0 Å². The minimum Gasteiger partial charge on any atom is -0.444 e. The first-order valence-corrected chi connectivity index (χ1v) is 10.7. The third-order valence-corrected chi connectivity index (χ3v) is 6.03. The molecular weight excluding hydrogens is 366 g/mol. The Morgan fingerprint density at radius 2 is 1.69 bits per heavy atom. The molecule has 162 valence electrons. The molecule has 0 saturated carbocycles. The Balaban J connectivity index is 1.79. The molecule has 29 heavy (non-hydrogen) atoms. The van der Waals surface area contributed by atoms with E-state index >= 15 is 0 Å². The zero-order valence-corrected chi connectivity index (χ0v) is 18.9. The molecule has 0 radical (unpaired) electrons. The molecule has 1 aromatic carbocycles. The van der Waals surface area contributed by atoms with E-state index in [1.54, 1.807) is 7.11 Å². The highest BCUT2D eigenvalue weighted by molar-refractivity contribution is 5.69. The fourth-order valence-corrected chi connectivity index (χ4v) is 4.27. The van der Waals surface area contributed by atoms with E-state index in [1.165, 1.54) is 5.69 Å². The number of anilines is 1. The molecule has 0 N–H and O–H groups in total. The number of likely N-dealkylation sites (N-methyl/N-ethyl adjacent to an activating group) is 1. The number of benzene rings is 1. The second-order valence-corrected chi connectivity index (χ2v) is 9.52. The summed E-state index contributed by atoms with van der Waals surface area (Å²) in [4.78, 5) is 19.6. The second kappa shape index (κ2) is 8.92. The highest BCUT2D eigenvalue weighted by atomic mass is 16.6. The number of nitrogens with zero attached hydrogens (tertiary/aromatic N) is 3. The lowest BCUT2D eigenvalue weighted by atomic mass is 9.87. The summed E-state index contributed by atoms with van der Waals surface area (Å²) in [6, 6.07) is 8.67. The maximum absolute atomic E-state index is 12.9. The fraction of sp³-hybridized carbons (Fsp3) is 0.696. The minimum atomic E-state index is -0.506. The van der Waals surface area contributed by atoms with Gasteiger partial charge in [0.25, 0.3) is 0 Å². The summed E-state index contributed by atoms with van der Waals surface area (Å²) in [6.07, 6.45) is 0.674. The molecule has 0 spiro atoms. The highest BCUT2D eigenvalue weighted by Gasteiger charge is 2.38. The summed E-state index contributed by atoms with van der Waals surface area (Å²) in [5, 5.41) is 0. The van der Waals surface area contributed by atoms with Gasteiger partial charge < -0.3 is 24.2 Å². The molecule has 1 amide bonds. The quantitative estimate of drug-likeness (QED) is 0.769. The van der Waals surface area contributed by atoms with Gasteiger partial charge in [-0.25, -0.2) is 4.79 Å². The minimum absolute atomic E-state index is 0.0347. The van der Waals surface area contributed by atoms with Gasteiger partial charge in [-0.3, -0.25) is 0 Å². The van der Waals surface area contributed by atoms with Crippen LogP contribution in [0.25, 0.3) is 0 Å². The Morgan fingerprint density at radius 3 is 2.24 bits per heavy atom. The number of carbonyl (C=O) groups is 1. The predicted octanol–water partition coefficient (Wildman–Crippen LogP) is 3.77. The smallest absolute Gasteiger partial charge is 0.410 e. The van der Waals surface area contributed by atoms with Gasteiger partial charge in [-0.2, -0.15) is 0 Å². The van der Waals surface area contributed by atoms with Gasteiger partial charge in [0.05, 0.1) is 12.1 Å². The van der Waals surface area contributed by atoms with Gasteiger partial charge in [-0.05, 0) is 51.9 Å². The van der Waals surface area contributed by atoms with E-state index in [-0.39, 0.29) is 24.2 Å². The van der Waals surface area contributed by atoms with Crippen LogP contribution < -0.4 is 4.90 Å². The molecule has 6 heteroatoms. The lowest BCUT2D eigenvalue weighted by Gasteiger charge is -2.43. The molecule has 0 bridgehead atoms. The second-order valence-electron chi connectivity index (χ2n) is 9.52. The van der Waals surface area contributed by atoms with Crippen molar-refractivity contribution in [3.8, 4) is 0 Å². The van der Waals surface area contributed by atoms with E-state index in [0.717, 1.165) is 38.2 Å². The van der Waals surface area contributed by atoms with Crippen LogP contribution >= 0.6 is 0 Å². The van der Waals surface area contributed by atoms with Gasteiger partial charge in [0.1, 0.15) is 5.60 Å². The van der Waals surface area contributed by atoms with Crippen molar-refractivity contribution in [3.05, 3.63) is 29.8 Å². The van der Waals surface area contributed by atoms with E-state index in [2.05, 4.69) is 48.0 Å². The summed E-state index contributed by atoms with van der Waals surface area (Å²) in [6.45, 7) is 12.8. The van der Waals surface area contributed by atoms with E-state index in [9.17, 15) is 4.79 Å². The molecular formula is C23H37N3O3. The third kappa shape index (κ3) is 5.43. The molecule has 0 aromatic heterocycles. The summed E-state index contributed by atoms with van der Waals surface area (Å²) in [5.41, 5.74) is 1.88. The molecule has 2 fully saturated rings. The molecule has 3 rings (SSSR count). The topological polar surface area (TPSA) is 45.2 Å². The summed E-state index contributed by atoms with van der Waals surface area (Å²) >= 11 is 0. The molecule has 3 atom stereocenters. The number of ether oxygens (including phenoxy) is 2. The number of piperazine rings is 1. The molecule has 2 aliphatic heterocycles. The van der Waals surface area contributed by atoms with Crippen LogP contribution in [-0.4, -0.2) is 74.5 Å². The summed E-state index contributed by atoms with van der Waals surface area (Å²) < 4.78 is 11.4. The number of piperidine rings is 1. The van der Waals surface area contributed by atoms with Crippen LogP contribution in [0.1, 0.15) is 45.7 Å². The SMILES string of the molecule is COC1C[C@H](c2ccc(N3CCN(C)CC3)cc2)N(C(=O)OC(C)(C)C)CC1C. The Labute approximate surface area is 175 Å². The molecule has 2 unspecified atom stereocenters. The Morgan fingerprint density at radius 1 is 1.07 bits per heavy atom. The van der Waals surface area contributed by atoms with Crippen molar-refractivity contribution < 1.29 is 14.3 Å². The highest BCUT2D eigenvalue weighted by Crippen LogP contribution is 2.36. The number of likely N-dealkylation sites (tertiary alicyclic amines) is 1. The maximum Gasteiger partial charge on any atom is 0.410 e. The molecule has 2 heterocycles. The average Bonchev–Trinajstić information content (AvgIpc) is 2.67. The molecule has 6 nitrogen and oxygen atoms in total. The lowest BCUT2D eigenvalue weighted by Crippen LogP contribution is -2.49. The van der Waals surface area contributed by atoms with E-state index in [4.69, 9.17) is 9.47 Å². The lowest BCUT2D eigenvalue weighted by molar-refractivity contribution is -0.0416. The van der Waals surface area contributed by atoms with Crippen molar-refractivity contribution in [2.24, 2.45) is 5.92 Å². The van der Waals surface area contributed by atoms with Crippen LogP contribution in [0.4, 0.5) is 10.5 Å². The first-order chi connectivity index (χ1) is 13.7. The van der Waals surface area contributed by atoms with E-state index in [1.807, 2.05) is 25.7 Å².